The van der Waals surface area contributed by atoms with Crippen molar-refractivity contribution in [3.63, 3.8) is 0 Å². The molecule has 0 bridgehead atoms. The maximum atomic E-state index is 10.7. The van der Waals surface area contributed by atoms with Gasteiger partial charge in [-0.2, -0.15) is 0 Å². The van der Waals surface area contributed by atoms with Crippen LogP contribution in [0, 0.1) is 13.8 Å². The van der Waals surface area contributed by atoms with Gasteiger partial charge in [0.15, 0.2) is 0 Å². The highest BCUT2D eigenvalue weighted by molar-refractivity contribution is 5.69. The molecule has 1 N–H and O–H groups in total. The molecule has 2 rings (SSSR count). The van der Waals surface area contributed by atoms with E-state index < -0.39 is 5.97 Å². The Kier molecular flexibility index (Phi) is 3.87. The molecule has 0 radical (unpaired) electrons. The Labute approximate surface area is 108 Å². The number of benzene rings is 1. The molecule has 1 fully saturated rings. The number of hydrogen-bond donors (Lipinski definition) is 1. The van der Waals surface area contributed by atoms with Crippen LogP contribution in [-0.2, 0) is 4.79 Å². The largest absolute Gasteiger partial charge is 0.480 e. The van der Waals surface area contributed by atoms with Crippen LogP contribution in [-0.4, -0.2) is 48.7 Å². The summed E-state index contributed by atoms with van der Waals surface area (Å²) in [6.07, 6.45) is 0. The molecule has 4 nitrogen and oxygen atoms in total. The van der Waals surface area contributed by atoms with E-state index in [0.717, 1.165) is 26.2 Å². The number of para-hydroxylation sites is 1. The molecule has 0 unspecified atom stereocenters. The Morgan fingerprint density at radius 2 is 1.72 bits per heavy atom. The van der Waals surface area contributed by atoms with Crippen molar-refractivity contribution in [3.05, 3.63) is 29.3 Å². The van der Waals surface area contributed by atoms with Crippen LogP contribution < -0.4 is 4.90 Å². The van der Waals surface area contributed by atoms with Gasteiger partial charge >= 0.3 is 5.97 Å². The van der Waals surface area contributed by atoms with E-state index in [9.17, 15) is 4.79 Å². The second kappa shape index (κ2) is 5.40. The van der Waals surface area contributed by atoms with E-state index in [1.165, 1.54) is 16.8 Å². The monoisotopic (exact) mass is 248 g/mol. The van der Waals surface area contributed by atoms with Crippen molar-refractivity contribution in [1.29, 1.82) is 0 Å². The van der Waals surface area contributed by atoms with Gasteiger partial charge in [0, 0.05) is 31.9 Å². The lowest BCUT2D eigenvalue weighted by Gasteiger charge is -2.36. The fourth-order valence-corrected chi connectivity index (χ4v) is 2.63. The molecule has 1 aliphatic heterocycles. The standard InChI is InChI=1S/C14H20N2O2/c1-11-4-3-5-12(2)14(11)16-8-6-15(7-9-16)10-13(17)18/h3-5H,6-10H2,1-2H3,(H,17,18). The highest BCUT2D eigenvalue weighted by Crippen LogP contribution is 2.25. The summed E-state index contributed by atoms with van der Waals surface area (Å²) in [7, 11) is 0. The van der Waals surface area contributed by atoms with Crippen LogP contribution in [0.3, 0.4) is 0 Å². The summed E-state index contributed by atoms with van der Waals surface area (Å²) in [5, 5.41) is 8.78. The van der Waals surface area contributed by atoms with Gasteiger partial charge < -0.3 is 10.0 Å². The Balaban J connectivity index is 2.03. The maximum Gasteiger partial charge on any atom is 0.317 e. The molecule has 0 spiro atoms. The van der Waals surface area contributed by atoms with E-state index in [1.807, 2.05) is 4.90 Å². The molecular weight excluding hydrogens is 228 g/mol. The first-order valence-corrected chi connectivity index (χ1v) is 6.33. The summed E-state index contributed by atoms with van der Waals surface area (Å²) in [6, 6.07) is 6.34. The maximum absolute atomic E-state index is 10.7. The third-order valence-corrected chi connectivity index (χ3v) is 3.49. The molecule has 98 valence electrons. The van der Waals surface area contributed by atoms with Crippen molar-refractivity contribution < 1.29 is 9.90 Å². The highest BCUT2D eigenvalue weighted by Gasteiger charge is 2.20. The first-order chi connectivity index (χ1) is 8.58. The molecule has 4 heteroatoms. The molecule has 18 heavy (non-hydrogen) atoms. The minimum atomic E-state index is -0.740. The normalized spacial score (nSPS) is 16.9. The Morgan fingerprint density at radius 1 is 1.17 bits per heavy atom. The van der Waals surface area contributed by atoms with Gasteiger partial charge in [-0.25, -0.2) is 0 Å². The number of carbonyl (C=O) groups is 1. The highest BCUT2D eigenvalue weighted by atomic mass is 16.4. The van der Waals surface area contributed by atoms with Gasteiger partial charge in [0.1, 0.15) is 0 Å². The number of carboxylic acid groups (broad SMARTS) is 1. The number of rotatable bonds is 3. The van der Waals surface area contributed by atoms with Gasteiger partial charge in [0.05, 0.1) is 6.54 Å². The average Bonchev–Trinajstić information content (AvgIpc) is 2.30. The van der Waals surface area contributed by atoms with Crippen molar-refractivity contribution in [2.75, 3.05) is 37.6 Å². The quantitative estimate of drug-likeness (QED) is 0.880. The van der Waals surface area contributed by atoms with Gasteiger partial charge in [-0.05, 0) is 25.0 Å². The summed E-state index contributed by atoms with van der Waals surface area (Å²) < 4.78 is 0. The summed E-state index contributed by atoms with van der Waals surface area (Å²) in [6.45, 7) is 7.86. The van der Waals surface area contributed by atoms with Gasteiger partial charge in [-0.1, -0.05) is 18.2 Å². The molecule has 1 aliphatic rings. The molecule has 1 aromatic rings. The number of aliphatic carboxylic acids is 1. The summed E-state index contributed by atoms with van der Waals surface area (Å²) in [5.74, 6) is -0.740. The lowest BCUT2D eigenvalue weighted by atomic mass is 10.1. The molecule has 1 aromatic carbocycles. The molecule has 0 atom stereocenters. The molecule has 1 heterocycles. The van der Waals surface area contributed by atoms with Crippen molar-refractivity contribution >= 4 is 11.7 Å². The third-order valence-electron chi connectivity index (χ3n) is 3.49. The van der Waals surface area contributed by atoms with Crippen LogP contribution in [0.5, 0.6) is 0 Å². The van der Waals surface area contributed by atoms with Crippen molar-refractivity contribution in [1.82, 2.24) is 4.90 Å². The second-order valence-electron chi connectivity index (χ2n) is 4.90. The number of carboxylic acids is 1. The third kappa shape index (κ3) is 2.82. The summed E-state index contributed by atoms with van der Waals surface area (Å²) >= 11 is 0. The van der Waals surface area contributed by atoms with Crippen LogP contribution in [0.15, 0.2) is 18.2 Å². The lowest BCUT2D eigenvalue weighted by Crippen LogP contribution is -2.48. The van der Waals surface area contributed by atoms with Gasteiger partial charge in [-0.3, -0.25) is 9.69 Å². The smallest absolute Gasteiger partial charge is 0.317 e. The van der Waals surface area contributed by atoms with E-state index in [-0.39, 0.29) is 6.54 Å². The van der Waals surface area contributed by atoms with Crippen LogP contribution in [0.25, 0.3) is 0 Å². The molecule has 0 aromatic heterocycles. The fraction of sp³-hybridized carbons (Fsp3) is 0.500. The number of anilines is 1. The first kappa shape index (κ1) is 12.9. The topological polar surface area (TPSA) is 43.8 Å². The zero-order valence-electron chi connectivity index (χ0n) is 11.0. The van der Waals surface area contributed by atoms with Crippen molar-refractivity contribution in [3.8, 4) is 0 Å². The SMILES string of the molecule is Cc1cccc(C)c1N1CCN(CC(=O)O)CC1. The van der Waals surface area contributed by atoms with E-state index >= 15 is 0 Å². The first-order valence-electron chi connectivity index (χ1n) is 6.33. The van der Waals surface area contributed by atoms with E-state index in [0.29, 0.717) is 0 Å². The second-order valence-corrected chi connectivity index (χ2v) is 4.90. The van der Waals surface area contributed by atoms with Crippen LogP contribution in [0.2, 0.25) is 0 Å². The van der Waals surface area contributed by atoms with E-state index in [4.69, 9.17) is 5.11 Å². The fourth-order valence-electron chi connectivity index (χ4n) is 2.63. The zero-order valence-corrected chi connectivity index (χ0v) is 11.0. The van der Waals surface area contributed by atoms with Crippen molar-refractivity contribution in [2.45, 2.75) is 13.8 Å². The van der Waals surface area contributed by atoms with Gasteiger partial charge in [-0.15, -0.1) is 0 Å². The zero-order chi connectivity index (χ0) is 13.1. The minimum absolute atomic E-state index is 0.153. The van der Waals surface area contributed by atoms with Gasteiger partial charge in [0.25, 0.3) is 0 Å². The van der Waals surface area contributed by atoms with Gasteiger partial charge in [0.2, 0.25) is 0 Å². The predicted molar refractivity (Wildman–Crippen MR) is 72.2 cm³/mol. The van der Waals surface area contributed by atoms with Crippen LogP contribution >= 0.6 is 0 Å². The number of nitrogens with zero attached hydrogens (tertiary/aromatic N) is 2. The number of piperazine rings is 1. The van der Waals surface area contributed by atoms with Crippen LogP contribution in [0.1, 0.15) is 11.1 Å². The summed E-state index contributed by atoms with van der Waals surface area (Å²) in [4.78, 5) is 15.0. The molecule has 0 aliphatic carbocycles. The number of aryl methyl sites for hydroxylation is 2. The van der Waals surface area contributed by atoms with Crippen LogP contribution in [0.4, 0.5) is 5.69 Å². The Bertz CT molecular complexity index is 417. The Hall–Kier alpha value is -1.55. The van der Waals surface area contributed by atoms with E-state index in [1.54, 1.807) is 0 Å². The minimum Gasteiger partial charge on any atom is -0.480 e. The average molecular weight is 248 g/mol. The Morgan fingerprint density at radius 3 is 2.22 bits per heavy atom. The molecular formula is C14H20N2O2. The lowest BCUT2D eigenvalue weighted by molar-refractivity contribution is -0.138. The molecule has 1 saturated heterocycles. The van der Waals surface area contributed by atoms with E-state index in [2.05, 4.69) is 36.9 Å². The number of hydrogen-bond acceptors (Lipinski definition) is 3. The summed E-state index contributed by atoms with van der Waals surface area (Å²) in [5.41, 5.74) is 3.90. The molecule has 0 amide bonds. The van der Waals surface area contributed by atoms with Crippen molar-refractivity contribution in [2.24, 2.45) is 0 Å². The predicted octanol–water partition coefficient (Wildman–Crippen LogP) is 1.51. The molecule has 0 saturated carbocycles.